The van der Waals surface area contributed by atoms with Gasteiger partial charge in [-0.3, -0.25) is 14.7 Å². The molecule has 1 amide bonds. The van der Waals surface area contributed by atoms with Crippen LogP contribution < -0.4 is 15.0 Å². The lowest BCUT2D eigenvalue weighted by Crippen LogP contribution is -2.46. The Morgan fingerprint density at radius 1 is 1.23 bits per heavy atom. The van der Waals surface area contributed by atoms with Gasteiger partial charge < -0.3 is 24.4 Å². The number of rotatable bonds is 13. The first-order chi connectivity index (χ1) is 19.1. The summed E-state index contributed by atoms with van der Waals surface area (Å²) in [6.45, 7) is 16.4. The van der Waals surface area contributed by atoms with Crippen molar-refractivity contribution in [2.24, 2.45) is 10.9 Å². The molecule has 3 atom stereocenters. The van der Waals surface area contributed by atoms with Crippen LogP contribution in [0.3, 0.4) is 0 Å². The van der Waals surface area contributed by atoms with Gasteiger partial charge in [-0.05, 0) is 51.5 Å². The lowest BCUT2D eigenvalue weighted by molar-refractivity contribution is -0.121. The van der Waals surface area contributed by atoms with Crippen LogP contribution in [0.4, 0.5) is 5.69 Å². The lowest BCUT2D eigenvalue weighted by Gasteiger charge is -2.36. The number of fused-ring (bicyclic) bond motifs is 1. The van der Waals surface area contributed by atoms with Crippen LogP contribution >= 0.6 is 0 Å². The van der Waals surface area contributed by atoms with E-state index in [0.717, 1.165) is 86.9 Å². The minimum absolute atomic E-state index is 0.0460. The van der Waals surface area contributed by atoms with Crippen molar-refractivity contribution in [3.63, 3.8) is 0 Å². The number of aliphatic imine (C=N–C) groups is 1. The second-order valence-electron chi connectivity index (χ2n) is 10.7. The molecular weight excluding hydrogens is 492 g/mol. The van der Waals surface area contributed by atoms with Crippen molar-refractivity contribution in [3.8, 4) is 5.75 Å². The van der Waals surface area contributed by atoms with Crippen molar-refractivity contribution in [3.05, 3.63) is 47.4 Å². The second-order valence-corrected chi connectivity index (χ2v) is 10.7. The van der Waals surface area contributed by atoms with E-state index in [9.17, 15) is 4.79 Å². The molecule has 2 fully saturated rings. The number of hydrogen-bond donors (Lipinski definition) is 1. The molecule has 0 bridgehead atoms. The van der Waals surface area contributed by atoms with E-state index in [1.807, 2.05) is 26.0 Å². The van der Waals surface area contributed by atoms with Crippen LogP contribution in [0.5, 0.6) is 5.75 Å². The summed E-state index contributed by atoms with van der Waals surface area (Å²) < 4.78 is 17.4. The molecule has 0 radical (unpaired) electrons. The summed E-state index contributed by atoms with van der Waals surface area (Å²) in [7, 11) is 0. The third-order valence-electron chi connectivity index (χ3n) is 8.36. The zero-order valence-corrected chi connectivity index (χ0v) is 24.0. The van der Waals surface area contributed by atoms with E-state index in [1.54, 1.807) is 0 Å². The van der Waals surface area contributed by atoms with Gasteiger partial charge in [-0.15, -0.1) is 0 Å². The van der Waals surface area contributed by atoms with E-state index >= 15 is 0 Å². The van der Waals surface area contributed by atoms with Crippen molar-refractivity contribution in [2.45, 2.75) is 64.9 Å². The van der Waals surface area contributed by atoms with Gasteiger partial charge in [0.15, 0.2) is 6.79 Å². The van der Waals surface area contributed by atoms with Crippen molar-refractivity contribution in [1.82, 2.24) is 10.2 Å². The lowest BCUT2D eigenvalue weighted by atomic mass is 9.95. The van der Waals surface area contributed by atoms with Gasteiger partial charge in [-0.2, -0.15) is 0 Å². The molecule has 3 unspecified atom stereocenters. The summed E-state index contributed by atoms with van der Waals surface area (Å²) in [4.78, 5) is 21.9. The van der Waals surface area contributed by atoms with Crippen LogP contribution in [0.15, 0.2) is 46.8 Å². The maximum Gasteiger partial charge on any atom is 0.220 e. The number of nitrogens with zero attached hydrogens (tertiary/aromatic N) is 3. The predicted molar refractivity (Wildman–Crippen MR) is 156 cm³/mol. The number of anilines is 1. The molecule has 3 heterocycles. The molecule has 214 valence electrons. The quantitative estimate of drug-likeness (QED) is 0.361. The number of benzene rings is 1. The van der Waals surface area contributed by atoms with Crippen molar-refractivity contribution < 1.29 is 19.0 Å². The first kappa shape index (κ1) is 29.2. The Morgan fingerprint density at radius 3 is 2.77 bits per heavy atom. The summed E-state index contributed by atoms with van der Waals surface area (Å²) >= 11 is 0. The summed E-state index contributed by atoms with van der Waals surface area (Å²) in [5.41, 5.74) is 3.37. The van der Waals surface area contributed by atoms with Crippen LogP contribution in [-0.4, -0.2) is 76.3 Å². The van der Waals surface area contributed by atoms with Crippen LogP contribution in [0.1, 0.15) is 64.4 Å². The number of carbonyl (C=O) groups excluding carboxylic acids is 1. The molecule has 8 nitrogen and oxygen atoms in total. The summed E-state index contributed by atoms with van der Waals surface area (Å²) in [5, 5.41) is 3.19. The van der Waals surface area contributed by atoms with E-state index < -0.39 is 0 Å². The van der Waals surface area contributed by atoms with E-state index in [1.165, 1.54) is 0 Å². The molecular formula is C31H46N4O4. The monoisotopic (exact) mass is 538 g/mol. The van der Waals surface area contributed by atoms with Gasteiger partial charge in [0.05, 0.1) is 12.3 Å². The normalized spacial score (nSPS) is 23.3. The molecule has 3 aliphatic rings. The molecule has 0 aliphatic carbocycles. The Morgan fingerprint density at radius 2 is 2.05 bits per heavy atom. The van der Waals surface area contributed by atoms with E-state index in [2.05, 4.69) is 51.9 Å². The Labute approximate surface area is 234 Å². The maximum absolute atomic E-state index is 12.9. The number of ether oxygens (including phenoxy) is 3. The van der Waals surface area contributed by atoms with Gasteiger partial charge in [0.25, 0.3) is 0 Å². The topological polar surface area (TPSA) is 75.6 Å². The fourth-order valence-corrected chi connectivity index (χ4v) is 5.76. The number of amides is 1. The molecule has 0 aromatic heterocycles. The van der Waals surface area contributed by atoms with Crippen molar-refractivity contribution in [2.75, 3.05) is 57.6 Å². The standard InChI is InChI=1S/C31H46N4O4/c1-5-23(11-12-29-28(7-3)38-22-39-29)20-33-30(36)19-24-21-37-31-26(24)9-8-10-27(31)35-17-15-34(16-18-35)14-13-25(6-2)32-4/h6-10,23-24,29H,4-5,11-22H2,1-3H3,(H,33,36). The molecule has 39 heavy (non-hydrogen) atoms. The molecule has 1 aromatic rings. The second kappa shape index (κ2) is 14.5. The third-order valence-corrected chi connectivity index (χ3v) is 8.36. The molecule has 8 heteroatoms. The Balaban J connectivity index is 1.24. The highest BCUT2D eigenvalue weighted by Gasteiger charge is 2.31. The summed E-state index contributed by atoms with van der Waals surface area (Å²) in [5.74, 6) is 2.50. The van der Waals surface area contributed by atoms with Gasteiger partial charge in [0, 0.05) is 69.3 Å². The third kappa shape index (κ3) is 7.63. The zero-order valence-electron chi connectivity index (χ0n) is 24.0. The summed E-state index contributed by atoms with van der Waals surface area (Å²) in [6.07, 6.45) is 8.39. The Bertz CT molecular complexity index is 1030. The number of carbonyl (C=O) groups is 1. The van der Waals surface area contributed by atoms with Gasteiger partial charge in [-0.25, -0.2) is 0 Å². The number of nitrogens with one attached hydrogen (secondary N) is 1. The largest absolute Gasteiger partial charge is 0.490 e. The number of para-hydroxylation sites is 1. The molecule has 3 aliphatic heterocycles. The van der Waals surface area contributed by atoms with Crippen LogP contribution in [0, 0.1) is 5.92 Å². The van der Waals surface area contributed by atoms with Gasteiger partial charge >= 0.3 is 0 Å². The predicted octanol–water partition coefficient (Wildman–Crippen LogP) is 4.87. The molecule has 0 spiro atoms. The maximum atomic E-state index is 12.9. The number of allylic oxidation sites excluding steroid dienone is 2. The number of piperazine rings is 1. The van der Waals surface area contributed by atoms with Gasteiger partial charge in [0.1, 0.15) is 17.6 Å². The first-order valence-corrected chi connectivity index (χ1v) is 14.6. The molecule has 2 saturated heterocycles. The van der Waals surface area contributed by atoms with Crippen molar-refractivity contribution >= 4 is 18.3 Å². The highest BCUT2D eigenvalue weighted by molar-refractivity contribution is 5.78. The van der Waals surface area contributed by atoms with Gasteiger partial charge in [-0.1, -0.05) is 31.6 Å². The van der Waals surface area contributed by atoms with E-state index in [4.69, 9.17) is 14.2 Å². The van der Waals surface area contributed by atoms with Crippen LogP contribution in [0.25, 0.3) is 0 Å². The summed E-state index contributed by atoms with van der Waals surface area (Å²) in [6, 6.07) is 6.38. The van der Waals surface area contributed by atoms with Crippen molar-refractivity contribution in [1.29, 1.82) is 0 Å². The van der Waals surface area contributed by atoms with E-state index in [0.29, 0.717) is 32.3 Å². The zero-order chi connectivity index (χ0) is 27.6. The Kier molecular flexibility index (Phi) is 10.9. The van der Waals surface area contributed by atoms with Gasteiger partial charge in [0.2, 0.25) is 5.91 Å². The average molecular weight is 539 g/mol. The number of hydrogen-bond acceptors (Lipinski definition) is 7. The molecule has 1 N–H and O–H groups in total. The highest BCUT2D eigenvalue weighted by atomic mass is 16.7. The van der Waals surface area contributed by atoms with Crippen LogP contribution in [-0.2, 0) is 14.3 Å². The minimum Gasteiger partial charge on any atom is -0.490 e. The molecule has 4 rings (SSSR count). The first-order valence-electron chi connectivity index (χ1n) is 14.6. The average Bonchev–Trinajstić information content (AvgIpc) is 3.60. The molecule has 1 aromatic carbocycles. The minimum atomic E-state index is 0.0460. The highest BCUT2D eigenvalue weighted by Crippen LogP contribution is 2.43. The molecule has 0 saturated carbocycles. The Hall–Kier alpha value is -2.84. The smallest absolute Gasteiger partial charge is 0.220 e. The fraction of sp³-hybridized carbons (Fsp3) is 0.613. The van der Waals surface area contributed by atoms with Crippen LogP contribution in [0.2, 0.25) is 0 Å². The SMILES string of the molecule is C=NC(=CC)CCN1CCN(c2cccc3c2OCC3CC(=O)NCC(CC)CCC2OCOC2=CC)CC1. The van der Waals surface area contributed by atoms with E-state index in [-0.39, 0.29) is 17.9 Å². The fourth-order valence-electron chi connectivity index (χ4n) is 5.76.